The van der Waals surface area contributed by atoms with Crippen molar-refractivity contribution in [3.05, 3.63) is 47.1 Å². The molecule has 0 amide bonds. The first kappa shape index (κ1) is 33.1. The highest BCUT2D eigenvalue weighted by Gasteiger charge is 2.72. The van der Waals surface area contributed by atoms with E-state index >= 15 is 0 Å². The van der Waals surface area contributed by atoms with Crippen LogP contribution in [-0.2, 0) is 38.1 Å². The van der Waals surface area contributed by atoms with Gasteiger partial charge in [-0.3, -0.25) is 4.79 Å². The Kier molecular flexibility index (Phi) is 10.4. The number of ether oxygens (including phenoxy) is 4. The van der Waals surface area contributed by atoms with Crippen molar-refractivity contribution in [2.45, 2.75) is 110 Å². The van der Waals surface area contributed by atoms with Crippen LogP contribution in [0.1, 0.15) is 68.7 Å². The zero-order valence-electron chi connectivity index (χ0n) is 24.8. The predicted octanol–water partition coefficient (Wildman–Crippen LogP) is 3.05. The van der Waals surface area contributed by atoms with Gasteiger partial charge in [-0.2, -0.15) is 0 Å². The van der Waals surface area contributed by atoms with Crippen LogP contribution < -0.4 is 0 Å². The standard InChI is InChI=1S/C30H42O10/c1-11-15(4)26(33)37-19(14-20(31)29(8,9)36)18(7)21-22(38-27(34)16(5)12-2)24(32)30(10)25(40-30)23(21)39-28(35)17(6)13-3/h11-13,19-23,25,31,36H,7,14H2,1-6,8-10H3/b15-11-,16-12-,17-13-/t19?,20?,21-,22-,23-,25-,30+/m1/s1. The molecule has 0 aromatic rings. The molecule has 0 bridgehead atoms. The number of carbonyl (C=O) groups excluding carboxylic acids is 4. The summed E-state index contributed by atoms with van der Waals surface area (Å²) >= 11 is 0. The zero-order valence-corrected chi connectivity index (χ0v) is 24.8. The summed E-state index contributed by atoms with van der Waals surface area (Å²) in [5.41, 5.74) is -2.09. The van der Waals surface area contributed by atoms with Crippen molar-refractivity contribution in [3.8, 4) is 0 Å². The summed E-state index contributed by atoms with van der Waals surface area (Å²) in [6.07, 6.45) is -1.86. The van der Waals surface area contributed by atoms with Crippen LogP contribution in [0.2, 0.25) is 0 Å². The van der Waals surface area contributed by atoms with E-state index in [9.17, 15) is 29.4 Å². The number of Topliss-reactive ketones (excluding diaryl/α,β-unsaturated/α-hetero) is 1. The van der Waals surface area contributed by atoms with Crippen LogP contribution in [0.3, 0.4) is 0 Å². The van der Waals surface area contributed by atoms with Crippen LogP contribution >= 0.6 is 0 Å². The van der Waals surface area contributed by atoms with Gasteiger partial charge in [-0.15, -0.1) is 0 Å². The highest BCUT2D eigenvalue weighted by Crippen LogP contribution is 2.52. The molecular formula is C30H42O10. The molecule has 222 valence electrons. The third-order valence-electron chi connectivity index (χ3n) is 7.67. The Labute approximate surface area is 235 Å². The number of esters is 3. The van der Waals surface area contributed by atoms with Gasteiger partial charge in [0.15, 0.2) is 11.7 Å². The van der Waals surface area contributed by atoms with Crippen molar-refractivity contribution < 1.29 is 48.3 Å². The molecule has 2 fully saturated rings. The first-order chi connectivity index (χ1) is 18.4. The number of epoxide rings is 1. The summed E-state index contributed by atoms with van der Waals surface area (Å²) < 4.78 is 22.9. The van der Waals surface area contributed by atoms with Gasteiger partial charge in [-0.25, -0.2) is 14.4 Å². The van der Waals surface area contributed by atoms with E-state index in [1.807, 2.05) is 0 Å². The van der Waals surface area contributed by atoms with Crippen molar-refractivity contribution in [2.75, 3.05) is 0 Å². The molecule has 1 saturated heterocycles. The van der Waals surface area contributed by atoms with Gasteiger partial charge in [0.1, 0.15) is 18.3 Å². The molecule has 1 aliphatic carbocycles. The summed E-state index contributed by atoms with van der Waals surface area (Å²) in [6.45, 7) is 18.0. The Hall–Kier alpha value is -3.08. The molecule has 0 aromatic heterocycles. The number of carbonyl (C=O) groups is 4. The summed E-state index contributed by atoms with van der Waals surface area (Å²) in [5, 5.41) is 21.1. The normalized spacial score (nSPS) is 28.7. The minimum absolute atomic E-state index is 0.0540. The molecule has 0 spiro atoms. The van der Waals surface area contributed by atoms with Gasteiger partial charge in [-0.1, -0.05) is 24.8 Å². The summed E-state index contributed by atoms with van der Waals surface area (Å²) in [6, 6.07) is 0. The lowest BCUT2D eigenvalue weighted by atomic mass is 9.72. The number of aliphatic hydroxyl groups is 2. The van der Waals surface area contributed by atoms with Crippen LogP contribution in [0, 0.1) is 5.92 Å². The zero-order chi connectivity index (χ0) is 30.7. The van der Waals surface area contributed by atoms with E-state index in [-0.39, 0.29) is 23.1 Å². The maximum Gasteiger partial charge on any atom is 0.334 e. The molecule has 10 nitrogen and oxygen atoms in total. The monoisotopic (exact) mass is 562 g/mol. The fourth-order valence-corrected chi connectivity index (χ4v) is 4.26. The van der Waals surface area contributed by atoms with E-state index in [0.717, 1.165) is 0 Å². The smallest absolute Gasteiger partial charge is 0.334 e. The van der Waals surface area contributed by atoms with Gasteiger partial charge in [0.2, 0.25) is 5.78 Å². The van der Waals surface area contributed by atoms with Crippen LogP contribution in [0.5, 0.6) is 0 Å². The van der Waals surface area contributed by atoms with Gasteiger partial charge < -0.3 is 29.2 Å². The fraction of sp³-hybridized carbons (Fsp3) is 0.600. The predicted molar refractivity (Wildman–Crippen MR) is 146 cm³/mol. The SMILES string of the molecule is C=C(C(CC(O)C(C)(C)O)OC(=O)/C(C)=C\C)[C@H]1[C@@H](OC(=O)/C(C)=C\C)[C@H]2O[C@@]2(C)C(=O)[C@@H]1OC(=O)/C(C)=C\C. The molecule has 2 rings (SSSR count). The minimum atomic E-state index is -1.58. The molecule has 0 radical (unpaired) electrons. The van der Waals surface area contributed by atoms with Crippen molar-refractivity contribution >= 4 is 23.7 Å². The van der Waals surface area contributed by atoms with Crippen molar-refractivity contribution in [1.82, 2.24) is 0 Å². The Morgan fingerprint density at radius 3 is 1.95 bits per heavy atom. The Bertz CT molecular complexity index is 1140. The van der Waals surface area contributed by atoms with E-state index in [1.165, 1.54) is 46.8 Å². The van der Waals surface area contributed by atoms with E-state index < -0.39 is 71.3 Å². The number of hydrogen-bond acceptors (Lipinski definition) is 10. The summed E-state index contributed by atoms with van der Waals surface area (Å²) in [7, 11) is 0. The largest absolute Gasteiger partial charge is 0.455 e. The molecule has 40 heavy (non-hydrogen) atoms. The van der Waals surface area contributed by atoms with E-state index in [1.54, 1.807) is 33.8 Å². The van der Waals surface area contributed by atoms with Gasteiger partial charge in [0, 0.05) is 23.1 Å². The topological polar surface area (TPSA) is 149 Å². The Morgan fingerprint density at radius 1 is 1.00 bits per heavy atom. The van der Waals surface area contributed by atoms with Gasteiger partial charge in [0.25, 0.3) is 0 Å². The third-order valence-corrected chi connectivity index (χ3v) is 7.67. The third kappa shape index (κ3) is 6.97. The molecule has 7 atom stereocenters. The molecule has 1 heterocycles. The average Bonchev–Trinajstić information content (AvgIpc) is 3.61. The number of fused-ring (bicyclic) bond motifs is 1. The van der Waals surface area contributed by atoms with E-state index in [4.69, 9.17) is 18.9 Å². The second kappa shape index (κ2) is 12.6. The van der Waals surface area contributed by atoms with Gasteiger partial charge >= 0.3 is 17.9 Å². The fourth-order valence-electron chi connectivity index (χ4n) is 4.26. The lowest BCUT2D eigenvalue weighted by Gasteiger charge is -2.39. The second-order valence-corrected chi connectivity index (χ2v) is 11.0. The average molecular weight is 563 g/mol. The maximum absolute atomic E-state index is 13.6. The number of rotatable bonds is 11. The number of hydrogen-bond donors (Lipinski definition) is 2. The maximum atomic E-state index is 13.6. The molecule has 0 aromatic carbocycles. The summed E-state index contributed by atoms with van der Waals surface area (Å²) in [4.78, 5) is 52.2. The quantitative estimate of drug-likeness (QED) is 0.126. The highest BCUT2D eigenvalue weighted by atomic mass is 16.7. The molecule has 1 aliphatic heterocycles. The number of allylic oxidation sites excluding steroid dienone is 3. The number of aliphatic hydroxyl groups excluding tert-OH is 1. The van der Waals surface area contributed by atoms with E-state index in [2.05, 4.69) is 6.58 Å². The van der Waals surface area contributed by atoms with Crippen LogP contribution in [0.4, 0.5) is 0 Å². The van der Waals surface area contributed by atoms with E-state index in [0.29, 0.717) is 5.57 Å². The Morgan fingerprint density at radius 2 is 1.48 bits per heavy atom. The first-order valence-electron chi connectivity index (χ1n) is 13.3. The van der Waals surface area contributed by atoms with Gasteiger partial charge in [-0.05, 0) is 67.9 Å². The van der Waals surface area contributed by atoms with Crippen LogP contribution in [0.25, 0.3) is 0 Å². The molecule has 2 unspecified atom stereocenters. The molecular weight excluding hydrogens is 520 g/mol. The molecule has 10 heteroatoms. The minimum Gasteiger partial charge on any atom is -0.455 e. The highest BCUT2D eigenvalue weighted by molar-refractivity contribution is 5.99. The first-order valence-corrected chi connectivity index (χ1v) is 13.3. The van der Waals surface area contributed by atoms with Crippen molar-refractivity contribution in [3.63, 3.8) is 0 Å². The van der Waals surface area contributed by atoms with Crippen LogP contribution in [0.15, 0.2) is 47.1 Å². The van der Waals surface area contributed by atoms with Crippen molar-refractivity contribution in [1.29, 1.82) is 0 Å². The summed E-state index contributed by atoms with van der Waals surface area (Å²) in [5.74, 6) is -3.93. The second-order valence-electron chi connectivity index (χ2n) is 11.0. The van der Waals surface area contributed by atoms with Crippen molar-refractivity contribution in [2.24, 2.45) is 5.92 Å². The molecule has 2 N–H and O–H groups in total. The number of ketones is 1. The lowest BCUT2D eigenvalue weighted by molar-refractivity contribution is -0.167. The molecule has 1 saturated carbocycles. The lowest BCUT2D eigenvalue weighted by Crippen LogP contribution is -2.57. The Balaban J connectivity index is 2.65. The van der Waals surface area contributed by atoms with Gasteiger partial charge in [0.05, 0.1) is 17.6 Å². The molecule has 2 aliphatic rings. The van der Waals surface area contributed by atoms with Crippen LogP contribution in [-0.4, -0.2) is 75.6 Å².